The molecule has 2 saturated carbocycles. The maximum absolute atomic E-state index is 13.1. The summed E-state index contributed by atoms with van der Waals surface area (Å²) in [7, 11) is 1.80. The molecule has 160 valence electrons. The van der Waals surface area contributed by atoms with E-state index in [0.29, 0.717) is 30.3 Å². The number of rotatable bonds is 6. The van der Waals surface area contributed by atoms with Gasteiger partial charge in [-0.1, -0.05) is 6.42 Å². The normalized spacial score (nSPS) is 24.5. The zero-order chi connectivity index (χ0) is 21.8. The van der Waals surface area contributed by atoms with E-state index in [0.717, 1.165) is 37.8 Å². The third-order valence-electron chi connectivity index (χ3n) is 7.19. The zero-order valence-electron chi connectivity index (χ0n) is 17.5. The van der Waals surface area contributed by atoms with Crippen LogP contribution in [-0.2, 0) is 22.1 Å². The van der Waals surface area contributed by atoms with Crippen molar-refractivity contribution in [2.24, 2.45) is 24.1 Å². The lowest BCUT2D eigenvalue weighted by Gasteiger charge is -2.38. The number of aryl methyl sites for hydroxylation is 1. The summed E-state index contributed by atoms with van der Waals surface area (Å²) < 4.78 is 1.69. The van der Waals surface area contributed by atoms with Crippen LogP contribution < -0.4 is 16.0 Å². The van der Waals surface area contributed by atoms with Gasteiger partial charge in [0.15, 0.2) is 5.82 Å². The third kappa shape index (κ3) is 2.89. The van der Waals surface area contributed by atoms with Crippen LogP contribution in [0.3, 0.4) is 0 Å². The van der Waals surface area contributed by atoms with Gasteiger partial charge in [0.25, 0.3) is 0 Å². The Labute approximate surface area is 180 Å². The van der Waals surface area contributed by atoms with E-state index in [4.69, 9.17) is 5.73 Å². The Hall–Kier alpha value is -3.41. The van der Waals surface area contributed by atoms with Crippen LogP contribution in [0.25, 0.3) is 0 Å². The first kappa shape index (κ1) is 19.5. The van der Waals surface area contributed by atoms with E-state index in [1.54, 1.807) is 35.0 Å². The van der Waals surface area contributed by atoms with Gasteiger partial charge in [0.1, 0.15) is 11.2 Å². The molecule has 2 aromatic rings. The van der Waals surface area contributed by atoms with Gasteiger partial charge in [-0.15, -0.1) is 0 Å². The summed E-state index contributed by atoms with van der Waals surface area (Å²) in [5.74, 6) is 0.857. The number of nitrogens with one attached hydrogen (secondary N) is 1. The van der Waals surface area contributed by atoms with E-state index in [1.807, 2.05) is 6.07 Å². The second-order valence-corrected chi connectivity index (χ2v) is 8.93. The molecular formula is C22H25N7O2. The molecule has 1 atom stereocenters. The highest BCUT2D eigenvalue weighted by molar-refractivity contribution is 6.02. The van der Waals surface area contributed by atoms with Gasteiger partial charge < -0.3 is 16.0 Å². The Morgan fingerprint density at radius 2 is 2.06 bits per heavy atom. The van der Waals surface area contributed by atoms with Crippen LogP contribution in [0.15, 0.2) is 24.4 Å². The number of aromatic nitrogens is 3. The van der Waals surface area contributed by atoms with Crippen molar-refractivity contribution < 1.29 is 9.59 Å². The fourth-order valence-corrected chi connectivity index (χ4v) is 5.06. The molecule has 0 unspecified atom stereocenters. The van der Waals surface area contributed by atoms with Crippen LogP contribution in [0.1, 0.15) is 44.2 Å². The molecule has 31 heavy (non-hydrogen) atoms. The monoisotopic (exact) mass is 419 g/mol. The average molecular weight is 419 g/mol. The van der Waals surface area contributed by atoms with Crippen LogP contribution in [0, 0.1) is 22.7 Å². The maximum atomic E-state index is 13.1. The van der Waals surface area contributed by atoms with Crippen molar-refractivity contribution >= 4 is 29.1 Å². The van der Waals surface area contributed by atoms with Crippen LogP contribution in [0.4, 0.5) is 17.3 Å². The SMILES string of the molecule is Cn1nc(Nc2cc(N3CC[C@@](C#N)(C4CC4)C3=O)ccn2)cc1C1(C(N)=O)CCC1. The third-order valence-corrected chi connectivity index (χ3v) is 7.19. The lowest BCUT2D eigenvalue weighted by molar-refractivity contribution is -0.127. The molecule has 3 aliphatic rings. The van der Waals surface area contributed by atoms with E-state index in [9.17, 15) is 14.9 Å². The highest BCUT2D eigenvalue weighted by Crippen LogP contribution is 2.52. The topological polar surface area (TPSA) is 130 Å². The van der Waals surface area contributed by atoms with Crippen molar-refractivity contribution in [3.05, 3.63) is 30.1 Å². The molecule has 3 heterocycles. The fraction of sp³-hybridized carbons (Fsp3) is 0.500. The van der Waals surface area contributed by atoms with Gasteiger partial charge in [-0.3, -0.25) is 14.3 Å². The van der Waals surface area contributed by atoms with Gasteiger partial charge in [-0.2, -0.15) is 10.4 Å². The Bertz CT molecular complexity index is 1110. The standard InChI is InChI=1S/C22H25N7O2/c1-28-16(21(19(24)30)6-2-7-21)12-18(27-28)26-17-11-15(5-9-25-17)29-10-8-22(13-23,20(29)31)14-3-4-14/h5,9,11-12,14H,2-4,6-8,10H2,1H3,(H2,24,30)(H,25,26,27)/t22-/m1/s1. The number of anilines is 3. The molecule has 5 rings (SSSR count). The number of amides is 2. The number of nitrogens with two attached hydrogens (primary N) is 1. The molecule has 9 heteroatoms. The quantitative estimate of drug-likeness (QED) is 0.738. The van der Waals surface area contributed by atoms with Gasteiger partial charge >= 0.3 is 0 Å². The number of primary amides is 1. The highest BCUT2D eigenvalue weighted by atomic mass is 16.2. The van der Waals surface area contributed by atoms with E-state index in [1.165, 1.54) is 0 Å². The van der Waals surface area contributed by atoms with Crippen molar-refractivity contribution in [3.8, 4) is 6.07 Å². The predicted octanol–water partition coefficient (Wildman–Crippen LogP) is 2.12. The minimum Gasteiger partial charge on any atom is -0.369 e. The second kappa shape index (κ2) is 6.80. The Morgan fingerprint density at radius 1 is 1.29 bits per heavy atom. The number of carbonyl (C=O) groups is 2. The molecule has 2 aliphatic carbocycles. The van der Waals surface area contributed by atoms with Crippen molar-refractivity contribution in [1.29, 1.82) is 5.26 Å². The first-order valence-corrected chi connectivity index (χ1v) is 10.7. The number of nitriles is 1. The Morgan fingerprint density at radius 3 is 2.68 bits per heavy atom. The molecule has 3 N–H and O–H groups in total. The molecule has 3 fully saturated rings. The molecular weight excluding hydrogens is 394 g/mol. The van der Waals surface area contributed by atoms with E-state index in [2.05, 4.69) is 21.5 Å². The van der Waals surface area contributed by atoms with Crippen LogP contribution in [-0.4, -0.2) is 33.1 Å². The van der Waals surface area contributed by atoms with Crippen LogP contribution in [0.2, 0.25) is 0 Å². The highest BCUT2D eigenvalue weighted by Gasteiger charge is 2.56. The Balaban J connectivity index is 1.38. The summed E-state index contributed by atoms with van der Waals surface area (Å²) in [6, 6.07) is 7.73. The number of pyridine rings is 1. The number of nitrogens with zero attached hydrogens (tertiary/aromatic N) is 5. The predicted molar refractivity (Wildman–Crippen MR) is 113 cm³/mol. The van der Waals surface area contributed by atoms with Gasteiger partial charge in [-0.05, 0) is 44.1 Å². The molecule has 9 nitrogen and oxygen atoms in total. The van der Waals surface area contributed by atoms with Crippen molar-refractivity contribution in [1.82, 2.24) is 14.8 Å². The van der Waals surface area contributed by atoms with Crippen LogP contribution in [0.5, 0.6) is 0 Å². The van der Waals surface area contributed by atoms with Gasteiger partial charge in [-0.25, -0.2) is 4.98 Å². The lowest BCUT2D eigenvalue weighted by atomic mass is 9.66. The van der Waals surface area contributed by atoms with Crippen molar-refractivity contribution in [3.63, 3.8) is 0 Å². The average Bonchev–Trinajstić information content (AvgIpc) is 3.42. The molecule has 0 radical (unpaired) electrons. The molecule has 0 aromatic carbocycles. The summed E-state index contributed by atoms with van der Waals surface area (Å²) >= 11 is 0. The van der Waals surface area contributed by atoms with E-state index in [-0.39, 0.29) is 17.7 Å². The van der Waals surface area contributed by atoms with Gasteiger partial charge in [0.05, 0.1) is 17.2 Å². The Kier molecular flexibility index (Phi) is 4.29. The summed E-state index contributed by atoms with van der Waals surface area (Å²) in [6.07, 6.45) is 6.53. The van der Waals surface area contributed by atoms with Crippen molar-refractivity contribution in [2.75, 3.05) is 16.8 Å². The van der Waals surface area contributed by atoms with E-state index < -0.39 is 10.8 Å². The summed E-state index contributed by atoms with van der Waals surface area (Å²) in [6.45, 7) is 0.529. The fourth-order valence-electron chi connectivity index (χ4n) is 5.06. The number of hydrogen-bond donors (Lipinski definition) is 2. The van der Waals surface area contributed by atoms with Gasteiger partial charge in [0, 0.05) is 37.6 Å². The minimum absolute atomic E-state index is 0.108. The number of hydrogen-bond acceptors (Lipinski definition) is 6. The molecule has 2 amide bonds. The second-order valence-electron chi connectivity index (χ2n) is 8.93. The van der Waals surface area contributed by atoms with Gasteiger partial charge in [0.2, 0.25) is 11.8 Å². The van der Waals surface area contributed by atoms with E-state index >= 15 is 0 Å². The molecule has 0 spiro atoms. The molecule has 2 aromatic heterocycles. The minimum atomic E-state index is -0.876. The largest absolute Gasteiger partial charge is 0.369 e. The number of carbonyl (C=O) groups excluding carboxylic acids is 2. The van der Waals surface area contributed by atoms with Crippen molar-refractivity contribution in [2.45, 2.75) is 43.9 Å². The summed E-state index contributed by atoms with van der Waals surface area (Å²) in [5.41, 5.74) is 5.66. The first-order chi connectivity index (χ1) is 14.9. The van der Waals surface area contributed by atoms with Crippen LogP contribution >= 0.6 is 0 Å². The molecule has 1 saturated heterocycles. The first-order valence-electron chi connectivity index (χ1n) is 10.7. The molecule has 0 bridgehead atoms. The zero-order valence-corrected chi connectivity index (χ0v) is 17.5. The lowest BCUT2D eigenvalue weighted by Crippen LogP contribution is -2.47. The smallest absolute Gasteiger partial charge is 0.247 e. The summed E-state index contributed by atoms with van der Waals surface area (Å²) in [5, 5.41) is 17.4. The molecule has 1 aliphatic heterocycles. The summed E-state index contributed by atoms with van der Waals surface area (Å²) in [4.78, 5) is 31.2. The maximum Gasteiger partial charge on any atom is 0.247 e.